The van der Waals surface area contributed by atoms with Crippen molar-refractivity contribution in [1.82, 2.24) is 15.0 Å². The van der Waals surface area contributed by atoms with Crippen molar-refractivity contribution in [3.8, 4) is 17.1 Å². The zero-order valence-corrected chi connectivity index (χ0v) is 26.5. The summed E-state index contributed by atoms with van der Waals surface area (Å²) in [5.41, 5.74) is 9.23. The summed E-state index contributed by atoms with van der Waals surface area (Å²) in [5, 5.41) is 13.9. The summed E-state index contributed by atoms with van der Waals surface area (Å²) in [4.78, 5) is 26.7. The summed E-state index contributed by atoms with van der Waals surface area (Å²) in [6.45, 7) is 5.14. The second kappa shape index (κ2) is 13.4. The Morgan fingerprint density at radius 2 is 1.91 bits per heavy atom. The lowest BCUT2D eigenvalue weighted by Crippen LogP contribution is -2.68. The number of benzene rings is 1. The van der Waals surface area contributed by atoms with E-state index in [1.165, 1.54) is 0 Å². The first-order chi connectivity index (χ1) is 21.1. The summed E-state index contributed by atoms with van der Waals surface area (Å²) in [6.07, 6.45) is 9.45. The molecule has 8 heteroatoms. The molecule has 0 bridgehead atoms. The average molecular weight is 597 g/mol. The number of hydrogen-bond acceptors (Lipinski definition) is 6. The van der Waals surface area contributed by atoms with Gasteiger partial charge < -0.3 is 20.1 Å². The van der Waals surface area contributed by atoms with Gasteiger partial charge >= 0.3 is 0 Å². The number of primary amides is 1. The third kappa shape index (κ3) is 7.08. The number of pyridine rings is 3. The first-order valence-electron chi connectivity index (χ1n) is 15.8. The Hall–Kier alpha value is -3.88. The number of nitrogens with zero attached hydrogens (tertiary/aromatic N) is 4. The second-order valence-corrected chi connectivity index (χ2v) is 13.0. The van der Waals surface area contributed by atoms with Gasteiger partial charge in [-0.2, -0.15) is 0 Å². The second-order valence-electron chi connectivity index (χ2n) is 13.0. The fourth-order valence-corrected chi connectivity index (χ4v) is 6.70. The number of unbranched alkanes of at least 4 members (excludes halogenated alkanes) is 1. The van der Waals surface area contributed by atoms with E-state index in [2.05, 4.69) is 35.1 Å². The molecule has 1 aliphatic carbocycles. The molecule has 8 nitrogen and oxygen atoms in total. The Labute approximate surface area is 260 Å². The van der Waals surface area contributed by atoms with Crippen LogP contribution in [0.5, 0.6) is 5.88 Å². The Morgan fingerprint density at radius 3 is 2.61 bits per heavy atom. The van der Waals surface area contributed by atoms with Gasteiger partial charge in [-0.25, -0.2) is 4.98 Å². The minimum atomic E-state index is -1.61. The Kier molecular flexibility index (Phi) is 9.61. The van der Waals surface area contributed by atoms with Gasteiger partial charge in [0.25, 0.3) is 5.91 Å². The maximum atomic E-state index is 12.8. The maximum Gasteiger partial charge on any atom is 0.255 e. The summed E-state index contributed by atoms with van der Waals surface area (Å²) < 4.78 is 6.72. The maximum absolute atomic E-state index is 12.8. The zero-order valence-electron chi connectivity index (χ0n) is 26.5. The number of carbonyl (C=O) groups is 1. The number of aromatic nitrogens is 3. The van der Waals surface area contributed by atoms with Crippen molar-refractivity contribution >= 4 is 16.7 Å². The highest BCUT2D eigenvalue weighted by Gasteiger charge is 2.54. The van der Waals surface area contributed by atoms with E-state index in [1.54, 1.807) is 0 Å². The number of aryl methyl sites for hydroxylation is 2. The Bertz CT molecular complexity index is 1570. The molecule has 0 aliphatic heterocycles. The fourth-order valence-electron chi connectivity index (χ4n) is 6.70. The summed E-state index contributed by atoms with van der Waals surface area (Å²) in [7, 11) is 4.10. The number of ether oxygens (including phenoxy) is 1. The molecular formula is C36H46N5O3+. The predicted octanol–water partition coefficient (Wildman–Crippen LogP) is 5.43. The number of amides is 1. The highest BCUT2D eigenvalue weighted by Crippen LogP contribution is 2.39. The molecule has 0 spiro atoms. The van der Waals surface area contributed by atoms with Crippen LogP contribution in [0.25, 0.3) is 22.0 Å². The molecule has 1 fully saturated rings. The molecule has 4 aromatic rings. The Morgan fingerprint density at radius 1 is 1.09 bits per heavy atom. The van der Waals surface area contributed by atoms with E-state index >= 15 is 0 Å². The van der Waals surface area contributed by atoms with Crippen LogP contribution in [-0.2, 0) is 17.6 Å². The molecule has 3 heterocycles. The number of carbonyl (C=O) groups excluding carboxylic acids is 1. The van der Waals surface area contributed by atoms with E-state index in [1.807, 2.05) is 69.8 Å². The van der Waals surface area contributed by atoms with E-state index in [9.17, 15) is 9.90 Å². The van der Waals surface area contributed by atoms with Crippen LogP contribution in [-0.4, -0.2) is 69.3 Å². The molecule has 0 radical (unpaired) electrons. The lowest BCUT2D eigenvalue weighted by Gasteiger charge is -2.49. The summed E-state index contributed by atoms with van der Waals surface area (Å²) in [6, 6.07) is 18.1. The third-order valence-corrected chi connectivity index (χ3v) is 9.28. The van der Waals surface area contributed by atoms with E-state index in [-0.39, 0.29) is 12.0 Å². The van der Waals surface area contributed by atoms with Gasteiger partial charge in [0.2, 0.25) is 5.88 Å². The van der Waals surface area contributed by atoms with Gasteiger partial charge in [-0.15, -0.1) is 0 Å². The molecule has 1 unspecified atom stereocenters. The first-order valence-corrected chi connectivity index (χ1v) is 15.8. The lowest BCUT2D eigenvalue weighted by atomic mass is 9.71. The largest absolute Gasteiger partial charge is 0.471 e. The minimum absolute atomic E-state index is 0.120. The van der Waals surface area contributed by atoms with Crippen LogP contribution in [0.3, 0.4) is 0 Å². The van der Waals surface area contributed by atoms with Crippen molar-refractivity contribution in [3.05, 3.63) is 83.9 Å². The molecule has 5 rings (SSSR count). The highest BCUT2D eigenvalue weighted by atomic mass is 16.5. The van der Waals surface area contributed by atoms with Crippen LogP contribution in [0, 0.1) is 12.8 Å². The molecule has 1 amide bonds. The predicted molar refractivity (Wildman–Crippen MR) is 174 cm³/mol. The average Bonchev–Trinajstić information content (AvgIpc) is 3.00. The van der Waals surface area contributed by atoms with Crippen LogP contribution in [0.1, 0.15) is 56.0 Å². The standard InChI is InChI=1S/C36H45N5O3/c1-5-6-10-30-21-28-9-7-8-11-31(28)34(40-30)44-19-18-41(3,4)33-17-14-26(22-36(33,43)35(37)42)20-27-13-16-32(39-23-27)29-15-12-25(2)38-24-29/h7-9,11-13,15-16,21,23-24,26,33,43H,5-6,10,14,17-20,22H2,1-4H3,(H-,37,42)/p+1/t26?,33-,36-/m0/s1. The minimum Gasteiger partial charge on any atom is -0.471 e. The van der Waals surface area contributed by atoms with E-state index in [0.717, 1.165) is 71.1 Å². The highest BCUT2D eigenvalue weighted by molar-refractivity contribution is 5.87. The van der Waals surface area contributed by atoms with Crippen molar-refractivity contribution < 1.29 is 19.1 Å². The molecule has 232 valence electrons. The lowest BCUT2D eigenvalue weighted by molar-refractivity contribution is -0.922. The molecule has 1 aromatic carbocycles. The summed E-state index contributed by atoms with van der Waals surface area (Å²) >= 11 is 0. The van der Waals surface area contributed by atoms with Gasteiger partial charge in [-0.05, 0) is 86.2 Å². The third-order valence-electron chi connectivity index (χ3n) is 9.28. The van der Waals surface area contributed by atoms with Gasteiger partial charge in [0, 0.05) is 41.2 Å². The van der Waals surface area contributed by atoms with Crippen LogP contribution >= 0.6 is 0 Å². The van der Waals surface area contributed by atoms with Gasteiger partial charge in [-0.3, -0.25) is 14.8 Å². The van der Waals surface area contributed by atoms with Crippen molar-refractivity contribution in [2.45, 2.75) is 70.4 Å². The topological polar surface area (TPSA) is 111 Å². The fraction of sp³-hybridized carbons (Fsp3) is 0.444. The number of likely N-dealkylation sites (N-methyl/N-ethyl adjacent to an activating group) is 1. The molecular weight excluding hydrogens is 550 g/mol. The van der Waals surface area contributed by atoms with E-state index in [4.69, 9.17) is 15.5 Å². The van der Waals surface area contributed by atoms with Gasteiger partial charge in [0.05, 0.1) is 19.8 Å². The number of fused-ring (bicyclic) bond motifs is 1. The molecule has 0 saturated heterocycles. The number of hydrogen-bond donors (Lipinski definition) is 2. The smallest absolute Gasteiger partial charge is 0.255 e. The van der Waals surface area contributed by atoms with E-state index in [0.29, 0.717) is 36.4 Å². The van der Waals surface area contributed by atoms with E-state index < -0.39 is 11.5 Å². The number of quaternary nitrogens is 1. The van der Waals surface area contributed by atoms with Crippen LogP contribution in [0.2, 0.25) is 0 Å². The number of aliphatic hydroxyl groups is 1. The van der Waals surface area contributed by atoms with Crippen molar-refractivity contribution in [2.75, 3.05) is 27.2 Å². The number of rotatable bonds is 12. The monoisotopic (exact) mass is 596 g/mol. The van der Waals surface area contributed by atoms with Gasteiger partial charge in [0.15, 0.2) is 5.60 Å². The van der Waals surface area contributed by atoms with Crippen molar-refractivity contribution in [2.24, 2.45) is 11.7 Å². The normalized spacial score (nSPS) is 20.5. The molecule has 3 N–H and O–H groups in total. The van der Waals surface area contributed by atoms with Crippen LogP contribution in [0.4, 0.5) is 0 Å². The van der Waals surface area contributed by atoms with Crippen LogP contribution < -0.4 is 10.5 Å². The van der Waals surface area contributed by atoms with Crippen LogP contribution in [0.15, 0.2) is 67.0 Å². The molecule has 1 saturated carbocycles. The van der Waals surface area contributed by atoms with Crippen molar-refractivity contribution in [3.63, 3.8) is 0 Å². The number of nitrogens with two attached hydrogens (primary N) is 1. The molecule has 3 aromatic heterocycles. The summed E-state index contributed by atoms with van der Waals surface area (Å²) in [5.74, 6) is 0.104. The zero-order chi connectivity index (χ0) is 31.3. The Balaban J connectivity index is 1.24. The quantitative estimate of drug-likeness (QED) is 0.211. The van der Waals surface area contributed by atoms with Gasteiger partial charge in [0.1, 0.15) is 19.2 Å². The molecule has 1 aliphatic rings. The molecule has 3 atom stereocenters. The first kappa shape index (κ1) is 31.5. The van der Waals surface area contributed by atoms with Gasteiger partial charge in [-0.1, -0.05) is 37.6 Å². The van der Waals surface area contributed by atoms with Crippen molar-refractivity contribution in [1.29, 1.82) is 0 Å². The SMILES string of the molecule is CCCCc1cc2ccccc2c(OCC[N+](C)(C)[C@H]2CCC(Cc3ccc(-c4ccc(C)nc4)nc3)C[C@@]2(O)C(N)=O)n1. The molecule has 44 heavy (non-hydrogen) atoms.